The van der Waals surface area contributed by atoms with Crippen molar-refractivity contribution in [2.24, 2.45) is 10.2 Å². The van der Waals surface area contributed by atoms with Crippen molar-refractivity contribution in [1.29, 1.82) is 0 Å². The molecule has 9 nitrogen and oxygen atoms in total. The third-order valence-electron chi connectivity index (χ3n) is 6.84. The van der Waals surface area contributed by atoms with Crippen molar-refractivity contribution in [1.82, 2.24) is 19.9 Å². The van der Waals surface area contributed by atoms with Crippen molar-refractivity contribution in [2.45, 2.75) is 51.9 Å². The third kappa shape index (κ3) is 7.22. The van der Waals surface area contributed by atoms with Crippen LogP contribution in [0.2, 0.25) is 0 Å². The zero-order chi connectivity index (χ0) is 26.9. The largest absolute Gasteiger partial charge is 0.324 e. The Morgan fingerprint density at radius 3 is 1.72 bits per heavy atom. The summed E-state index contributed by atoms with van der Waals surface area (Å²) in [5.41, 5.74) is 12.0. The topological polar surface area (TPSA) is 112 Å². The number of pyridine rings is 2. The van der Waals surface area contributed by atoms with Crippen LogP contribution in [0.3, 0.4) is 0 Å². The van der Waals surface area contributed by atoms with Crippen LogP contribution < -0.4 is 16.2 Å². The molecule has 0 amide bonds. The molecule has 1 fully saturated rings. The maximum atomic E-state index is 4.64. The fraction of sp³-hybridized carbons (Fsp3) is 0.267. The SMILES string of the molecule is CC(=NNc1cc(NN=C(C)c2ccncc2)nc(Nc2ccc(C3CCCCC3)cc2)n1)c1ccncc1. The molecule has 1 saturated carbocycles. The summed E-state index contributed by atoms with van der Waals surface area (Å²) < 4.78 is 0. The van der Waals surface area contributed by atoms with Crippen LogP contribution in [0.1, 0.15) is 68.6 Å². The molecule has 9 heteroatoms. The minimum Gasteiger partial charge on any atom is -0.324 e. The predicted octanol–water partition coefficient (Wildman–Crippen LogP) is 6.73. The molecule has 0 aliphatic heterocycles. The third-order valence-corrected chi connectivity index (χ3v) is 6.84. The second-order valence-corrected chi connectivity index (χ2v) is 9.63. The molecular weight excluding hydrogens is 486 g/mol. The van der Waals surface area contributed by atoms with Crippen LogP contribution in [-0.4, -0.2) is 31.4 Å². The van der Waals surface area contributed by atoms with Gasteiger partial charge in [-0.3, -0.25) is 20.8 Å². The number of rotatable bonds is 9. The van der Waals surface area contributed by atoms with Gasteiger partial charge in [-0.2, -0.15) is 20.2 Å². The summed E-state index contributed by atoms with van der Waals surface area (Å²) in [6.07, 6.45) is 13.5. The van der Waals surface area contributed by atoms with Crippen molar-refractivity contribution in [3.05, 3.63) is 96.1 Å². The van der Waals surface area contributed by atoms with E-state index in [-0.39, 0.29) is 0 Å². The van der Waals surface area contributed by atoms with E-state index >= 15 is 0 Å². The minimum atomic E-state index is 0.432. The van der Waals surface area contributed by atoms with Crippen molar-refractivity contribution in [3.63, 3.8) is 0 Å². The normalized spacial score (nSPS) is 14.6. The molecule has 1 aliphatic rings. The number of benzene rings is 1. The first-order valence-electron chi connectivity index (χ1n) is 13.3. The molecule has 39 heavy (non-hydrogen) atoms. The van der Waals surface area contributed by atoms with E-state index in [1.54, 1.807) is 30.9 Å². The standard InChI is InChI=1S/C30H33N9/c1-21(23-12-16-31-17-13-23)36-38-28-20-29(39-37-22(2)24-14-18-32-19-15-24)35-30(34-28)33-27-10-8-26(9-11-27)25-6-4-3-5-7-25/h8-20,25H,3-7H2,1-2H3,(H3,33,34,35,38,39). The molecule has 0 unspecified atom stereocenters. The fourth-order valence-corrected chi connectivity index (χ4v) is 4.62. The summed E-state index contributed by atoms with van der Waals surface area (Å²) in [5.74, 6) is 2.15. The van der Waals surface area contributed by atoms with Crippen LogP contribution in [0.25, 0.3) is 0 Å². The number of nitrogens with zero attached hydrogens (tertiary/aromatic N) is 6. The molecule has 0 bridgehead atoms. The van der Waals surface area contributed by atoms with Crippen molar-refractivity contribution < 1.29 is 0 Å². The molecular formula is C30H33N9. The van der Waals surface area contributed by atoms with Gasteiger partial charge in [-0.25, -0.2) is 0 Å². The zero-order valence-corrected chi connectivity index (χ0v) is 22.3. The summed E-state index contributed by atoms with van der Waals surface area (Å²) >= 11 is 0. The summed E-state index contributed by atoms with van der Waals surface area (Å²) in [4.78, 5) is 17.4. The quantitative estimate of drug-likeness (QED) is 0.166. The van der Waals surface area contributed by atoms with Crippen molar-refractivity contribution >= 4 is 34.7 Å². The van der Waals surface area contributed by atoms with Gasteiger partial charge in [-0.15, -0.1) is 0 Å². The van der Waals surface area contributed by atoms with E-state index in [9.17, 15) is 0 Å². The van der Waals surface area contributed by atoms with Gasteiger partial charge in [0.15, 0.2) is 11.6 Å². The first-order valence-corrected chi connectivity index (χ1v) is 13.3. The molecule has 3 aromatic heterocycles. The Labute approximate surface area is 229 Å². The van der Waals surface area contributed by atoms with Crippen LogP contribution >= 0.6 is 0 Å². The Hall–Kier alpha value is -4.66. The molecule has 4 aromatic rings. The minimum absolute atomic E-state index is 0.432. The summed E-state index contributed by atoms with van der Waals surface area (Å²) in [5, 5.41) is 12.4. The van der Waals surface area contributed by atoms with E-state index in [0.717, 1.165) is 28.2 Å². The lowest BCUT2D eigenvalue weighted by Crippen LogP contribution is -2.07. The van der Waals surface area contributed by atoms with Crippen molar-refractivity contribution in [3.8, 4) is 0 Å². The van der Waals surface area contributed by atoms with Gasteiger partial charge in [-0.1, -0.05) is 31.4 Å². The van der Waals surface area contributed by atoms with Crippen molar-refractivity contribution in [2.75, 3.05) is 16.2 Å². The molecule has 3 heterocycles. The van der Waals surface area contributed by atoms with E-state index in [2.05, 4.69) is 70.6 Å². The number of hydrogen-bond donors (Lipinski definition) is 3. The molecule has 3 N–H and O–H groups in total. The monoisotopic (exact) mass is 519 g/mol. The van der Waals surface area contributed by atoms with Gasteiger partial charge in [0.25, 0.3) is 0 Å². The first kappa shape index (κ1) is 26.0. The van der Waals surface area contributed by atoms with E-state index in [0.29, 0.717) is 23.5 Å². The van der Waals surface area contributed by atoms with Crippen LogP contribution in [0.5, 0.6) is 0 Å². The van der Waals surface area contributed by atoms with Gasteiger partial charge in [-0.05, 0) is 74.6 Å². The Morgan fingerprint density at radius 1 is 0.692 bits per heavy atom. The lowest BCUT2D eigenvalue weighted by Gasteiger charge is -2.22. The number of aromatic nitrogens is 4. The lowest BCUT2D eigenvalue weighted by atomic mass is 9.84. The molecule has 0 spiro atoms. The van der Waals surface area contributed by atoms with Gasteiger partial charge in [0, 0.05) is 47.7 Å². The fourth-order valence-electron chi connectivity index (χ4n) is 4.62. The Bertz CT molecular complexity index is 1340. The Balaban J connectivity index is 1.37. The molecule has 0 radical (unpaired) electrons. The smallest absolute Gasteiger partial charge is 0.231 e. The maximum absolute atomic E-state index is 4.64. The first-order chi connectivity index (χ1) is 19.1. The van der Waals surface area contributed by atoms with Crippen LogP contribution in [-0.2, 0) is 0 Å². The predicted molar refractivity (Wildman–Crippen MR) is 158 cm³/mol. The molecule has 1 aliphatic carbocycles. The number of hydrogen-bond acceptors (Lipinski definition) is 9. The van der Waals surface area contributed by atoms with E-state index in [1.165, 1.54) is 37.7 Å². The van der Waals surface area contributed by atoms with E-state index in [4.69, 9.17) is 0 Å². The number of hydrazone groups is 2. The molecule has 198 valence electrons. The summed E-state index contributed by atoms with van der Waals surface area (Å²) in [6.45, 7) is 3.86. The van der Waals surface area contributed by atoms with Gasteiger partial charge in [0.05, 0.1) is 11.4 Å². The second-order valence-electron chi connectivity index (χ2n) is 9.63. The molecule has 5 rings (SSSR count). The summed E-state index contributed by atoms with van der Waals surface area (Å²) in [6, 6.07) is 18.0. The average Bonchev–Trinajstić information content (AvgIpc) is 3.00. The molecule has 0 saturated heterocycles. The van der Waals surface area contributed by atoms with Gasteiger partial charge in [0.2, 0.25) is 5.95 Å². The van der Waals surface area contributed by atoms with Gasteiger partial charge < -0.3 is 5.32 Å². The van der Waals surface area contributed by atoms with E-state index in [1.807, 2.05) is 38.1 Å². The lowest BCUT2D eigenvalue weighted by molar-refractivity contribution is 0.443. The highest BCUT2D eigenvalue weighted by Gasteiger charge is 2.15. The Morgan fingerprint density at radius 2 is 1.21 bits per heavy atom. The molecule has 0 atom stereocenters. The Kier molecular flexibility index (Phi) is 8.48. The molecule has 1 aromatic carbocycles. The van der Waals surface area contributed by atoms with Gasteiger partial charge >= 0.3 is 0 Å². The van der Waals surface area contributed by atoms with Crippen LogP contribution in [0, 0.1) is 0 Å². The zero-order valence-electron chi connectivity index (χ0n) is 22.3. The van der Waals surface area contributed by atoms with Crippen LogP contribution in [0.4, 0.5) is 23.3 Å². The summed E-state index contributed by atoms with van der Waals surface area (Å²) in [7, 11) is 0. The average molecular weight is 520 g/mol. The highest BCUT2D eigenvalue weighted by atomic mass is 15.4. The second kappa shape index (κ2) is 12.7. The van der Waals surface area contributed by atoms with Gasteiger partial charge in [0.1, 0.15) is 0 Å². The number of anilines is 4. The number of nitrogens with one attached hydrogen (secondary N) is 3. The van der Waals surface area contributed by atoms with Crippen LogP contribution in [0.15, 0.2) is 89.6 Å². The maximum Gasteiger partial charge on any atom is 0.231 e. The highest BCUT2D eigenvalue weighted by molar-refractivity contribution is 5.99. The highest BCUT2D eigenvalue weighted by Crippen LogP contribution is 2.33. The van der Waals surface area contributed by atoms with E-state index < -0.39 is 0 Å².